The van der Waals surface area contributed by atoms with Gasteiger partial charge in [-0.1, -0.05) is 23.1 Å². The molecule has 0 saturated heterocycles. The molecule has 2 aromatic rings. The van der Waals surface area contributed by atoms with E-state index >= 15 is 0 Å². The average molecular weight is 404 g/mol. The van der Waals surface area contributed by atoms with Gasteiger partial charge in [0.1, 0.15) is 10.8 Å². The molecular weight excluding hydrogens is 378 g/mol. The fraction of sp³-hybridized carbons (Fsp3) is 0.650. The lowest BCUT2D eigenvalue weighted by atomic mass is 9.52. The Bertz CT molecular complexity index is 782. The average Bonchev–Trinajstić information content (AvgIpc) is 3.28. The molecule has 144 valence electrons. The lowest BCUT2D eigenvalue weighted by Crippen LogP contribution is -2.61. The number of furan rings is 1. The molecule has 2 aromatic heterocycles. The molecule has 4 bridgehead atoms. The van der Waals surface area contributed by atoms with Gasteiger partial charge in [0.15, 0.2) is 4.34 Å². The van der Waals surface area contributed by atoms with Crippen LogP contribution in [0.15, 0.2) is 27.2 Å². The lowest BCUT2D eigenvalue weighted by molar-refractivity contribution is -0.150. The van der Waals surface area contributed by atoms with E-state index < -0.39 is 0 Å². The van der Waals surface area contributed by atoms with Gasteiger partial charge >= 0.3 is 0 Å². The molecule has 4 aliphatic rings. The summed E-state index contributed by atoms with van der Waals surface area (Å²) in [5, 5.41) is 9.16. The van der Waals surface area contributed by atoms with Crippen LogP contribution in [0.3, 0.4) is 0 Å². The zero-order valence-electron chi connectivity index (χ0n) is 15.6. The number of hydrogen-bond donors (Lipinski definition) is 0. The number of nitrogens with zero attached hydrogens (tertiary/aromatic N) is 3. The van der Waals surface area contributed by atoms with Crippen LogP contribution in [0.1, 0.15) is 49.3 Å². The molecule has 4 fully saturated rings. The summed E-state index contributed by atoms with van der Waals surface area (Å²) in [4.78, 5) is 15.6. The van der Waals surface area contributed by atoms with Crippen molar-refractivity contribution in [2.75, 3.05) is 5.75 Å². The lowest BCUT2D eigenvalue weighted by Gasteiger charge is -2.60. The van der Waals surface area contributed by atoms with Crippen molar-refractivity contribution in [1.82, 2.24) is 15.1 Å². The van der Waals surface area contributed by atoms with Crippen LogP contribution in [-0.4, -0.2) is 32.3 Å². The van der Waals surface area contributed by atoms with E-state index in [0.717, 1.165) is 32.9 Å². The van der Waals surface area contributed by atoms with Gasteiger partial charge in [-0.05, 0) is 75.3 Å². The van der Waals surface area contributed by atoms with E-state index in [4.69, 9.17) is 4.42 Å². The fourth-order valence-electron chi connectivity index (χ4n) is 6.01. The van der Waals surface area contributed by atoms with E-state index in [1.165, 1.54) is 50.3 Å². The molecule has 0 atom stereocenters. The number of aryl methyl sites for hydroxylation is 1. The molecule has 4 aliphatic carbocycles. The van der Waals surface area contributed by atoms with Gasteiger partial charge in [0.25, 0.3) is 0 Å². The first-order chi connectivity index (χ1) is 13.1. The summed E-state index contributed by atoms with van der Waals surface area (Å²) in [6, 6.07) is 3.90. The van der Waals surface area contributed by atoms with Gasteiger partial charge in [-0.25, -0.2) is 0 Å². The highest BCUT2D eigenvalue weighted by atomic mass is 32.2. The topological polar surface area (TPSA) is 59.2 Å². The zero-order valence-corrected chi connectivity index (χ0v) is 17.2. The number of carbonyl (C=O) groups excluding carboxylic acids is 1. The van der Waals surface area contributed by atoms with Gasteiger partial charge in [-0.3, -0.25) is 4.79 Å². The Hall–Kier alpha value is -1.34. The second-order valence-corrected chi connectivity index (χ2v) is 11.0. The zero-order chi connectivity index (χ0) is 18.4. The fourth-order valence-corrected chi connectivity index (χ4v) is 7.70. The summed E-state index contributed by atoms with van der Waals surface area (Å²) in [6.45, 7) is 2.54. The number of amides is 1. The Morgan fingerprint density at radius 3 is 2.52 bits per heavy atom. The van der Waals surface area contributed by atoms with Crippen molar-refractivity contribution in [3.05, 3.63) is 29.2 Å². The van der Waals surface area contributed by atoms with Crippen molar-refractivity contribution in [1.29, 1.82) is 0 Å². The minimum atomic E-state index is 0.0379. The van der Waals surface area contributed by atoms with E-state index in [1.807, 2.05) is 19.1 Å². The molecule has 0 N–H and O–H groups in total. The predicted octanol–water partition coefficient (Wildman–Crippen LogP) is 4.53. The molecule has 0 radical (unpaired) electrons. The molecule has 0 aromatic carbocycles. The van der Waals surface area contributed by atoms with E-state index in [9.17, 15) is 4.79 Å². The Morgan fingerprint density at radius 2 is 1.96 bits per heavy atom. The van der Waals surface area contributed by atoms with Crippen LogP contribution < -0.4 is 0 Å². The van der Waals surface area contributed by atoms with Crippen LogP contribution >= 0.6 is 23.1 Å². The Balaban J connectivity index is 1.38. The first-order valence-corrected chi connectivity index (χ1v) is 11.7. The predicted molar refractivity (Wildman–Crippen MR) is 106 cm³/mol. The highest BCUT2D eigenvalue weighted by molar-refractivity contribution is 8.01. The maximum absolute atomic E-state index is 13.4. The van der Waals surface area contributed by atoms with Gasteiger partial charge in [0.2, 0.25) is 5.91 Å². The van der Waals surface area contributed by atoms with Crippen LogP contribution in [-0.2, 0) is 11.3 Å². The summed E-state index contributed by atoms with van der Waals surface area (Å²) >= 11 is 3.08. The van der Waals surface area contributed by atoms with Gasteiger partial charge in [0.05, 0.1) is 18.6 Å². The van der Waals surface area contributed by atoms with E-state index in [0.29, 0.717) is 12.3 Å². The highest BCUT2D eigenvalue weighted by Gasteiger charge is 2.54. The van der Waals surface area contributed by atoms with E-state index in [2.05, 4.69) is 15.1 Å². The first-order valence-electron chi connectivity index (χ1n) is 9.85. The smallest absolute Gasteiger partial charge is 0.233 e. The first kappa shape index (κ1) is 17.7. The third kappa shape index (κ3) is 3.44. The molecule has 7 heteroatoms. The number of aromatic nitrogens is 2. The molecule has 2 heterocycles. The molecule has 4 saturated carbocycles. The second kappa shape index (κ2) is 6.92. The van der Waals surface area contributed by atoms with E-state index in [-0.39, 0.29) is 11.4 Å². The molecule has 6 rings (SSSR count). The third-order valence-electron chi connectivity index (χ3n) is 6.60. The van der Waals surface area contributed by atoms with Crippen molar-refractivity contribution >= 4 is 29.0 Å². The Morgan fingerprint density at radius 1 is 1.26 bits per heavy atom. The highest BCUT2D eigenvalue weighted by Crippen LogP contribution is 2.58. The summed E-state index contributed by atoms with van der Waals surface area (Å²) in [6.07, 6.45) is 9.36. The Labute approximate surface area is 167 Å². The number of carbonyl (C=O) groups is 1. The van der Waals surface area contributed by atoms with Crippen LogP contribution in [0.2, 0.25) is 0 Å². The number of thioether (sulfide) groups is 1. The molecule has 0 unspecified atom stereocenters. The maximum atomic E-state index is 13.4. The number of rotatable bonds is 6. The molecule has 0 aliphatic heterocycles. The van der Waals surface area contributed by atoms with Gasteiger partial charge < -0.3 is 9.32 Å². The van der Waals surface area contributed by atoms with Crippen molar-refractivity contribution in [3.8, 4) is 0 Å². The summed E-state index contributed by atoms with van der Waals surface area (Å²) < 4.78 is 6.50. The largest absolute Gasteiger partial charge is 0.467 e. The van der Waals surface area contributed by atoms with Crippen LogP contribution in [0, 0.1) is 24.7 Å². The summed E-state index contributed by atoms with van der Waals surface area (Å²) in [7, 11) is 0. The van der Waals surface area contributed by atoms with Crippen LogP contribution in [0.25, 0.3) is 0 Å². The van der Waals surface area contributed by atoms with Crippen molar-refractivity contribution in [3.63, 3.8) is 0 Å². The van der Waals surface area contributed by atoms with Gasteiger partial charge in [0, 0.05) is 5.54 Å². The summed E-state index contributed by atoms with van der Waals surface area (Å²) in [5.41, 5.74) is 0.0379. The molecular formula is C20H25N3O2S2. The van der Waals surface area contributed by atoms with Crippen LogP contribution in [0.5, 0.6) is 0 Å². The monoisotopic (exact) mass is 403 g/mol. The van der Waals surface area contributed by atoms with Crippen molar-refractivity contribution in [2.45, 2.75) is 61.9 Å². The third-order valence-corrected chi connectivity index (χ3v) is 8.56. The molecule has 5 nitrogen and oxygen atoms in total. The van der Waals surface area contributed by atoms with Crippen molar-refractivity contribution < 1.29 is 9.21 Å². The van der Waals surface area contributed by atoms with Gasteiger partial charge in [-0.2, -0.15) is 0 Å². The normalized spacial score (nSPS) is 31.4. The molecule has 1 amide bonds. The second-order valence-electron chi connectivity index (χ2n) is 8.58. The van der Waals surface area contributed by atoms with Crippen LogP contribution in [0.4, 0.5) is 0 Å². The Kier molecular flexibility index (Phi) is 4.55. The quantitative estimate of drug-likeness (QED) is 0.663. The number of hydrogen-bond acceptors (Lipinski definition) is 6. The minimum absolute atomic E-state index is 0.0379. The molecule has 27 heavy (non-hydrogen) atoms. The SMILES string of the molecule is Cc1nnc(SCC(=O)N(Cc2ccco2)C23CC4CC(CC(C4)C2)C3)s1. The summed E-state index contributed by atoms with van der Waals surface area (Å²) in [5.74, 6) is 3.95. The molecule has 0 spiro atoms. The minimum Gasteiger partial charge on any atom is -0.467 e. The standard InChI is InChI=1S/C20H25N3O2S2/c1-13-21-22-19(27-13)26-12-18(24)23(11-17-3-2-4-25-17)20-8-14-5-15(9-20)7-16(6-14)10-20/h2-4,14-16H,5-12H2,1H3. The van der Waals surface area contributed by atoms with Crippen molar-refractivity contribution in [2.24, 2.45) is 17.8 Å². The maximum Gasteiger partial charge on any atom is 0.233 e. The van der Waals surface area contributed by atoms with E-state index in [1.54, 1.807) is 17.6 Å². The van der Waals surface area contributed by atoms with Gasteiger partial charge in [-0.15, -0.1) is 10.2 Å².